The first kappa shape index (κ1) is 16.8. The highest BCUT2D eigenvalue weighted by atomic mass is 35.5. The zero-order valence-electron chi connectivity index (χ0n) is 12.8. The molecule has 120 valence electrons. The smallest absolute Gasteiger partial charge is 0.255 e. The van der Waals surface area contributed by atoms with Gasteiger partial charge in [-0.3, -0.25) is 9.59 Å². The molecule has 2 amide bonds. The van der Waals surface area contributed by atoms with Gasteiger partial charge >= 0.3 is 0 Å². The van der Waals surface area contributed by atoms with Crippen molar-refractivity contribution in [3.63, 3.8) is 0 Å². The zero-order chi connectivity index (χ0) is 16.1. The molecule has 1 saturated heterocycles. The lowest BCUT2D eigenvalue weighted by atomic mass is 10.1. The average molecular weight is 324 g/mol. The van der Waals surface area contributed by atoms with Gasteiger partial charge in [0.05, 0.1) is 11.3 Å². The third kappa shape index (κ3) is 3.99. The second kappa shape index (κ2) is 7.61. The Morgan fingerprint density at radius 3 is 2.64 bits per heavy atom. The lowest BCUT2D eigenvalue weighted by Crippen LogP contribution is -2.36. The molecule has 0 spiro atoms. The second-order valence-corrected chi connectivity index (χ2v) is 6.11. The van der Waals surface area contributed by atoms with Gasteiger partial charge in [0.1, 0.15) is 0 Å². The molecule has 0 aromatic heterocycles. The van der Waals surface area contributed by atoms with Crippen LogP contribution in [0.1, 0.15) is 36.5 Å². The summed E-state index contributed by atoms with van der Waals surface area (Å²) in [6.45, 7) is 3.51. The quantitative estimate of drug-likeness (QED) is 0.894. The van der Waals surface area contributed by atoms with Crippen LogP contribution in [0.15, 0.2) is 18.2 Å². The first-order chi connectivity index (χ1) is 10.5. The van der Waals surface area contributed by atoms with E-state index in [0.717, 1.165) is 32.4 Å². The summed E-state index contributed by atoms with van der Waals surface area (Å²) in [4.78, 5) is 26.5. The van der Waals surface area contributed by atoms with Crippen molar-refractivity contribution in [2.24, 2.45) is 11.7 Å². The summed E-state index contributed by atoms with van der Waals surface area (Å²) in [5.74, 6) is -0.596. The molecule has 1 aromatic rings. The Hall–Kier alpha value is -1.59. The average Bonchev–Trinajstić information content (AvgIpc) is 2.54. The van der Waals surface area contributed by atoms with Gasteiger partial charge in [0, 0.05) is 30.6 Å². The Balaban J connectivity index is 2.23. The predicted octanol–water partition coefficient (Wildman–Crippen LogP) is 2.50. The molecule has 0 bridgehead atoms. The summed E-state index contributed by atoms with van der Waals surface area (Å²) in [5.41, 5.74) is 6.44. The number of carbonyl (C=O) groups excluding carboxylic acids is 2. The van der Waals surface area contributed by atoms with Crippen LogP contribution >= 0.6 is 11.6 Å². The second-order valence-electron chi connectivity index (χ2n) is 5.67. The van der Waals surface area contributed by atoms with Crippen molar-refractivity contribution in [3.05, 3.63) is 28.8 Å². The van der Waals surface area contributed by atoms with Crippen LogP contribution in [0.5, 0.6) is 0 Å². The SMILES string of the molecule is CC(CN)C(=O)Nc1cc(Cl)ccc1C(=O)N1CCCCC1. The highest BCUT2D eigenvalue weighted by molar-refractivity contribution is 6.31. The van der Waals surface area contributed by atoms with Gasteiger partial charge < -0.3 is 16.0 Å². The third-order valence-electron chi connectivity index (χ3n) is 3.91. The van der Waals surface area contributed by atoms with Crippen molar-refractivity contribution in [3.8, 4) is 0 Å². The minimum atomic E-state index is -0.322. The van der Waals surface area contributed by atoms with Gasteiger partial charge in [-0.1, -0.05) is 18.5 Å². The molecule has 1 unspecified atom stereocenters. The van der Waals surface area contributed by atoms with E-state index in [4.69, 9.17) is 17.3 Å². The van der Waals surface area contributed by atoms with Gasteiger partial charge in [0.15, 0.2) is 0 Å². The van der Waals surface area contributed by atoms with Crippen LogP contribution in [-0.4, -0.2) is 36.3 Å². The molecule has 6 heteroatoms. The van der Waals surface area contributed by atoms with Crippen molar-refractivity contribution >= 4 is 29.1 Å². The number of piperidine rings is 1. The number of rotatable bonds is 4. The maximum atomic E-state index is 12.7. The number of benzene rings is 1. The van der Waals surface area contributed by atoms with Crippen molar-refractivity contribution in [2.45, 2.75) is 26.2 Å². The summed E-state index contributed by atoms with van der Waals surface area (Å²) < 4.78 is 0. The zero-order valence-corrected chi connectivity index (χ0v) is 13.5. The fourth-order valence-electron chi connectivity index (χ4n) is 2.44. The highest BCUT2D eigenvalue weighted by Crippen LogP contribution is 2.24. The Bertz CT molecular complexity index is 556. The normalized spacial score (nSPS) is 16.2. The van der Waals surface area contributed by atoms with Gasteiger partial charge in [0.25, 0.3) is 5.91 Å². The molecule has 1 atom stereocenters. The molecular formula is C16H22ClN3O2. The van der Waals surface area contributed by atoms with E-state index in [1.54, 1.807) is 25.1 Å². The van der Waals surface area contributed by atoms with Crippen LogP contribution in [0.25, 0.3) is 0 Å². The van der Waals surface area contributed by atoms with Crippen LogP contribution < -0.4 is 11.1 Å². The number of likely N-dealkylation sites (tertiary alicyclic amines) is 1. The third-order valence-corrected chi connectivity index (χ3v) is 4.15. The van der Waals surface area contributed by atoms with E-state index in [1.165, 1.54) is 0 Å². The van der Waals surface area contributed by atoms with Crippen LogP contribution in [0.2, 0.25) is 5.02 Å². The van der Waals surface area contributed by atoms with Crippen molar-refractivity contribution in [2.75, 3.05) is 25.0 Å². The number of nitrogens with zero attached hydrogens (tertiary/aromatic N) is 1. The molecule has 1 aliphatic rings. The van der Waals surface area contributed by atoms with Gasteiger partial charge in [-0.15, -0.1) is 0 Å². The minimum Gasteiger partial charge on any atom is -0.339 e. The number of carbonyl (C=O) groups is 2. The number of halogens is 1. The minimum absolute atomic E-state index is 0.0629. The van der Waals surface area contributed by atoms with E-state index in [9.17, 15) is 9.59 Å². The Morgan fingerprint density at radius 2 is 2.00 bits per heavy atom. The Labute approximate surface area is 135 Å². The van der Waals surface area contributed by atoms with Gasteiger partial charge in [-0.05, 0) is 37.5 Å². The van der Waals surface area contributed by atoms with E-state index in [-0.39, 0.29) is 24.3 Å². The van der Waals surface area contributed by atoms with Crippen molar-refractivity contribution in [1.82, 2.24) is 4.90 Å². The summed E-state index contributed by atoms with van der Waals surface area (Å²) in [6, 6.07) is 4.95. The molecule has 1 aliphatic heterocycles. The lowest BCUT2D eigenvalue weighted by Gasteiger charge is -2.27. The summed E-state index contributed by atoms with van der Waals surface area (Å²) in [5, 5.41) is 3.25. The molecule has 0 aliphatic carbocycles. The fourth-order valence-corrected chi connectivity index (χ4v) is 2.61. The molecule has 22 heavy (non-hydrogen) atoms. The molecule has 1 heterocycles. The van der Waals surface area contributed by atoms with Crippen LogP contribution in [0.4, 0.5) is 5.69 Å². The summed E-state index contributed by atoms with van der Waals surface area (Å²) in [6.07, 6.45) is 3.19. The summed E-state index contributed by atoms with van der Waals surface area (Å²) in [7, 11) is 0. The molecule has 5 nitrogen and oxygen atoms in total. The molecule has 2 rings (SSSR count). The van der Waals surface area contributed by atoms with Gasteiger partial charge in [-0.2, -0.15) is 0 Å². The van der Waals surface area contributed by atoms with E-state index >= 15 is 0 Å². The predicted molar refractivity (Wildman–Crippen MR) is 88.1 cm³/mol. The van der Waals surface area contributed by atoms with E-state index in [0.29, 0.717) is 16.3 Å². The monoisotopic (exact) mass is 323 g/mol. The summed E-state index contributed by atoms with van der Waals surface area (Å²) >= 11 is 6.00. The first-order valence-corrected chi connectivity index (χ1v) is 8.00. The van der Waals surface area contributed by atoms with Gasteiger partial charge in [-0.25, -0.2) is 0 Å². The van der Waals surface area contributed by atoms with Crippen LogP contribution in [-0.2, 0) is 4.79 Å². The largest absolute Gasteiger partial charge is 0.339 e. The maximum absolute atomic E-state index is 12.7. The molecule has 3 N–H and O–H groups in total. The van der Waals surface area contributed by atoms with E-state index in [2.05, 4.69) is 5.32 Å². The molecule has 1 fully saturated rings. The standard InChI is InChI=1S/C16H22ClN3O2/c1-11(10-18)15(21)19-14-9-12(17)5-6-13(14)16(22)20-7-3-2-4-8-20/h5-6,9,11H,2-4,7-8,10,18H2,1H3,(H,19,21). The fraction of sp³-hybridized carbons (Fsp3) is 0.500. The van der Waals surface area contributed by atoms with Crippen LogP contribution in [0, 0.1) is 5.92 Å². The Morgan fingerprint density at radius 1 is 1.32 bits per heavy atom. The van der Waals surface area contributed by atoms with Crippen molar-refractivity contribution < 1.29 is 9.59 Å². The van der Waals surface area contributed by atoms with Gasteiger partial charge in [0.2, 0.25) is 5.91 Å². The number of nitrogens with one attached hydrogen (secondary N) is 1. The molecule has 0 saturated carbocycles. The molecule has 0 radical (unpaired) electrons. The number of anilines is 1. The molecule has 1 aromatic carbocycles. The van der Waals surface area contributed by atoms with E-state index in [1.807, 2.05) is 4.90 Å². The maximum Gasteiger partial charge on any atom is 0.255 e. The van der Waals surface area contributed by atoms with Crippen molar-refractivity contribution in [1.29, 1.82) is 0 Å². The Kier molecular flexibility index (Phi) is 5.80. The van der Waals surface area contributed by atoms with E-state index < -0.39 is 0 Å². The lowest BCUT2D eigenvalue weighted by molar-refractivity contribution is -0.119. The number of amides is 2. The number of hydrogen-bond donors (Lipinski definition) is 2. The molecular weight excluding hydrogens is 302 g/mol. The number of nitrogens with two attached hydrogens (primary N) is 1. The number of hydrogen-bond acceptors (Lipinski definition) is 3. The highest BCUT2D eigenvalue weighted by Gasteiger charge is 2.22. The first-order valence-electron chi connectivity index (χ1n) is 7.62. The topological polar surface area (TPSA) is 75.4 Å². The van der Waals surface area contributed by atoms with Crippen LogP contribution in [0.3, 0.4) is 0 Å².